The molecule has 0 saturated heterocycles. The molecule has 0 saturated carbocycles. The van der Waals surface area contributed by atoms with Gasteiger partial charge in [-0.3, -0.25) is 0 Å². The number of unbranched alkanes of at least 4 members (excludes halogenated alkanes) is 2. The Balaban J connectivity index is 2.95. The van der Waals surface area contributed by atoms with Crippen molar-refractivity contribution >= 4 is 6.08 Å². The van der Waals surface area contributed by atoms with E-state index in [2.05, 4.69) is 65.0 Å². The predicted molar refractivity (Wildman–Crippen MR) is 94.8 cm³/mol. The molecule has 0 aliphatic carbocycles. The zero-order valence-electron chi connectivity index (χ0n) is 14.8. The summed E-state index contributed by atoms with van der Waals surface area (Å²) in [6.07, 6.45) is 6.92. The van der Waals surface area contributed by atoms with Crippen LogP contribution >= 0.6 is 0 Å². The molecule has 1 aromatic carbocycles. The van der Waals surface area contributed by atoms with E-state index < -0.39 is 0 Å². The minimum atomic E-state index is -0.253. The SMILES string of the molecule is CCCCCC(=Cc1ccccc1)C(OC(C)C)OC(C)C. The lowest BCUT2D eigenvalue weighted by atomic mass is 10.0. The maximum atomic E-state index is 6.04. The highest BCUT2D eigenvalue weighted by Gasteiger charge is 2.18. The van der Waals surface area contributed by atoms with Gasteiger partial charge >= 0.3 is 0 Å². The van der Waals surface area contributed by atoms with Gasteiger partial charge in [-0.05, 0) is 51.7 Å². The quantitative estimate of drug-likeness (QED) is 0.400. The topological polar surface area (TPSA) is 18.5 Å². The molecular formula is C20H32O2. The number of hydrogen-bond donors (Lipinski definition) is 0. The molecule has 0 radical (unpaired) electrons. The van der Waals surface area contributed by atoms with Gasteiger partial charge in [-0.2, -0.15) is 0 Å². The van der Waals surface area contributed by atoms with Gasteiger partial charge in [0.25, 0.3) is 0 Å². The number of benzene rings is 1. The van der Waals surface area contributed by atoms with E-state index >= 15 is 0 Å². The summed E-state index contributed by atoms with van der Waals surface area (Å²) in [5.74, 6) is 0. The summed E-state index contributed by atoms with van der Waals surface area (Å²) in [5.41, 5.74) is 2.45. The van der Waals surface area contributed by atoms with Gasteiger partial charge in [-0.1, -0.05) is 56.2 Å². The molecule has 0 aromatic heterocycles. The van der Waals surface area contributed by atoms with Crippen LogP contribution in [-0.2, 0) is 9.47 Å². The highest BCUT2D eigenvalue weighted by atomic mass is 16.7. The molecule has 2 heteroatoms. The van der Waals surface area contributed by atoms with Crippen molar-refractivity contribution in [2.24, 2.45) is 0 Å². The summed E-state index contributed by atoms with van der Waals surface area (Å²) in [7, 11) is 0. The van der Waals surface area contributed by atoms with Gasteiger partial charge in [0.15, 0.2) is 6.29 Å². The van der Waals surface area contributed by atoms with Crippen molar-refractivity contribution in [2.75, 3.05) is 0 Å². The lowest BCUT2D eigenvalue weighted by molar-refractivity contribution is -0.159. The van der Waals surface area contributed by atoms with Gasteiger partial charge in [-0.25, -0.2) is 0 Å². The van der Waals surface area contributed by atoms with Crippen molar-refractivity contribution < 1.29 is 9.47 Å². The average Bonchev–Trinajstić information content (AvgIpc) is 2.46. The van der Waals surface area contributed by atoms with Gasteiger partial charge in [0.1, 0.15) is 0 Å². The first-order valence-corrected chi connectivity index (χ1v) is 8.59. The Hall–Kier alpha value is -1.12. The Bertz CT molecular complexity index is 411. The van der Waals surface area contributed by atoms with Gasteiger partial charge in [-0.15, -0.1) is 0 Å². The molecule has 0 heterocycles. The highest BCUT2D eigenvalue weighted by molar-refractivity contribution is 5.53. The van der Waals surface area contributed by atoms with Crippen molar-refractivity contribution in [1.82, 2.24) is 0 Å². The van der Waals surface area contributed by atoms with E-state index in [4.69, 9.17) is 9.47 Å². The van der Waals surface area contributed by atoms with E-state index in [0.29, 0.717) is 0 Å². The molecule has 1 rings (SSSR count). The minimum absolute atomic E-state index is 0.147. The Kier molecular flexibility index (Phi) is 9.10. The highest BCUT2D eigenvalue weighted by Crippen LogP contribution is 2.22. The molecule has 0 aliphatic rings. The maximum absolute atomic E-state index is 6.04. The summed E-state index contributed by atoms with van der Waals surface area (Å²) in [6, 6.07) is 10.4. The average molecular weight is 304 g/mol. The van der Waals surface area contributed by atoms with Gasteiger partial charge in [0.2, 0.25) is 0 Å². The van der Waals surface area contributed by atoms with Crippen LogP contribution in [0.1, 0.15) is 65.9 Å². The Morgan fingerprint density at radius 2 is 1.55 bits per heavy atom. The van der Waals surface area contributed by atoms with Crippen LogP contribution in [0.25, 0.3) is 6.08 Å². The molecular weight excluding hydrogens is 272 g/mol. The largest absolute Gasteiger partial charge is 0.346 e. The molecule has 0 atom stereocenters. The van der Waals surface area contributed by atoms with E-state index in [9.17, 15) is 0 Å². The molecule has 0 amide bonds. The molecule has 1 aromatic rings. The first-order valence-electron chi connectivity index (χ1n) is 8.59. The standard InChI is InChI=1S/C20H32O2/c1-6-7-9-14-19(15-18-12-10-8-11-13-18)20(21-16(2)3)22-17(4)5/h8,10-13,15-17,20H,6-7,9,14H2,1-5H3. The second-order valence-corrected chi connectivity index (χ2v) is 6.29. The summed E-state index contributed by atoms with van der Waals surface area (Å²) >= 11 is 0. The number of hydrogen-bond acceptors (Lipinski definition) is 2. The van der Waals surface area contributed by atoms with E-state index in [-0.39, 0.29) is 18.5 Å². The first kappa shape index (κ1) is 18.9. The van der Waals surface area contributed by atoms with Crippen LogP contribution in [0.15, 0.2) is 35.9 Å². The van der Waals surface area contributed by atoms with Crippen molar-refractivity contribution in [2.45, 2.75) is 78.8 Å². The zero-order chi connectivity index (χ0) is 16.4. The minimum Gasteiger partial charge on any atom is -0.346 e. The fourth-order valence-corrected chi connectivity index (χ4v) is 2.30. The summed E-state index contributed by atoms with van der Waals surface area (Å²) in [4.78, 5) is 0. The van der Waals surface area contributed by atoms with Crippen LogP contribution in [-0.4, -0.2) is 18.5 Å². The predicted octanol–water partition coefficient (Wildman–Crippen LogP) is 5.83. The maximum Gasteiger partial charge on any atom is 0.180 e. The number of rotatable bonds is 10. The second kappa shape index (κ2) is 10.6. The van der Waals surface area contributed by atoms with Crippen molar-refractivity contribution in [3.05, 3.63) is 41.5 Å². The van der Waals surface area contributed by atoms with Crippen molar-refractivity contribution in [3.63, 3.8) is 0 Å². The van der Waals surface area contributed by atoms with E-state index in [1.165, 1.54) is 30.4 Å². The van der Waals surface area contributed by atoms with Crippen LogP contribution in [0.5, 0.6) is 0 Å². The summed E-state index contributed by atoms with van der Waals surface area (Å²) < 4.78 is 12.1. The van der Waals surface area contributed by atoms with E-state index in [1.807, 2.05) is 6.07 Å². The molecule has 22 heavy (non-hydrogen) atoms. The molecule has 0 fully saturated rings. The normalized spacial score (nSPS) is 12.6. The molecule has 124 valence electrons. The Morgan fingerprint density at radius 3 is 2.05 bits per heavy atom. The third-order valence-corrected chi connectivity index (χ3v) is 3.31. The van der Waals surface area contributed by atoms with Gasteiger partial charge in [0, 0.05) is 0 Å². The zero-order valence-corrected chi connectivity index (χ0v) is 14.8. The van der Waals surface area contributed by atoms with Crippen LogP contribution in [0.4, 0.5) is 0 Å². The van der Waals surface area contributed by atoms with Crippen LogP contribution in [0, 0.1) is 0 Å². The van der Waals surface area contributed by atoms with Crippen LogP contribution in [0.2, 0.25) is 0 Å². The molecule has 0 unspecified atom stereocenters. The lowest BCUT2D eigenvalue weighted by Gasteiger charge is -2.26. The van der Waals surface area contributed by atoms with Crippen molar-refractivity contribution in [1.29, 1.82) is 0 Å². The summed E-state index contributed by atoms with van der Waals surface area (Å²) in [5, 5.41) is 0. The molecule has 0 spiro atoms. The third kappa shape index (κ3) is 7.77. The molecule has 0 bridgehead atoms. The third-order valence-electron chi connectivity index (χ3n) is 3.31. The Labute approximate surface area is 136 Å². The second-order valence-electron chi connectivity index (χ2n) is 6.29. The van der Waals surface area contributed by atoms with Gasteiger partial charge < -0.3 is 9.47 Å². The smallest absolute Gasteiger partial charge is 0.180 e. The summed E-state index contributed by atoms with van der Waals surface area (Å²) in [6.45, 7) is 10.5. The lowest BCUT2D eigenvalue weighted by Crippen LogP contribution is -2.26. The number of ether oxygens (including phenoxy) is 2. The van der Waals surface area contributed by atoms with Crippen LogP contribution < -0.4 is 0 Å². The fraction of sp³-hybridized carbons (Fsp3) is 0.600. The monoisotopic (exact) mass is 304 g/mol. The van der Waals surface area contributed by atoms with Crippen LogP contribution in [0.3, 0.4) is 0 Å². The first-order chi connectivity index (χ1) is 10.5. The molecule has 2 nitrogen and oxygen atoms in total. The van der Waals surface area contributed by atoms with Gasteiger partial charge in [0.05, 0.1) is 12.2 Å². The fourth-order valence-electron chi connectivity index (χ4n) is 2.30. The van der Waals surface area contributed by atoms with E-state index in [0.717, 1.165) is 6.42 Å². The van der Waals surface area contributed by atoms with Crippen molar-refractivity contribution in [3.8, 4) is 0 Å². The molecule has 0 aliphatic heterocycles. The van der Waals surface area contributed by atoms with E-state index in [1.54, 1.807) is 0 Å². The Morgan fingerprint density at radius 1 is 0.955 bits per heavy atom. The molecule has 0 N–H and O–H groups in total.